The van der Waals surface area contributed by atoms with E-state index < -0.39 is 12.0 Å². The fourth-order valence-electron chi connectivity index (χ4n) is 1.81. The Morgan fingerprint density at radius 3 is 2.57 bits per heavy atom. The van der Waals surface area contributed by atoms with Crippen LogP contribution in [-0.2, 0) is 16.1 Å². The molecule has 0 saturated carbocycles. The number of nitrogens with zero attached hydrogens (tertiary/aromatic N) is 1. The Balaban J connectivity index is 2.80. The number of hydrogen-bond acceptors (Lipinski definition) is 3. The number of amides is 1. The number of benzene rings is 1. The summed E-state index contributed by atoms with van der Waals surface area (Å²) in [6.45, 7) is 4.16. The average Bonchev–Trinajstić information content (AvgIpc) is 2.38. The maximum Gasteiger partial charge on any atom is 0.320 e. The SMILES string of the molecule is CC(=O)NCCN(Cc1ccc(Cl)cc1Cl)C(C)C(=O)O. The molecule has 0 spiro atoms. The molecule has 0 aliphatic rings. The Morgan fingerprint density at radius 1 is 1.38 bits per heavy atom. The molecule has 1 rings (SSSR count). The lowest BCUT2D eigenvalue weighted by Crippen LogP contribution is -2.42. The second-order valence-electron chi connectivity index (χ2n) is 4.70. The molecule has 0 saturated heterocycles. The van der Waals surface area contributed by atoms with Crippen molar-refractivity contribution in [1.82, 2.24) is 10.2 Å². The van der Waals surface area contributed by atoms with Crippen molar-refractivity contribution in [2.75, 3.05) is 13.1 Å². The van der Waals surface area contributed by atoms with Crippen LogP contribution in [-0.4, -0.2) is 41.0 Å². The van der Waals surface area contributed by atoms with Crippen LogP contribution in [0.1, 0.15) is 19.4 Å². The highest BCUT2D eigenvalue weighted by molar-refractivity contribution is 6.35. The quantitative estimate of drug-likeness (QED) is 0.804. The Kier molecular flexibility index (Phi) is 6.95. The monoisotopic (exact) mass is 332 g/mol. The second kappa shape index (κ2) is 8.22. The minimum atomic E-state index is -0.928. The van der Waals surface area contributed by atoms with E-state index in [2.05, 4.69) is 5.32 Å². The molecule has 21 heavy (non-hydrogen) atoms. The normalized spacial score (nSPS) is 12.2. The van der Waals surface area contributed by atoms with Crippen molar-refractivity contribution in [3.63, 3.8) is 0 Å². The summed E-state index contributed by atoms with van der Waals surface area (Å²) < 4.78 is 0. The van der Waals surface area contributed by atoms with Crippen molar-refractivity contribution < 1.29 is 14.7 Å². The van der Waals surface area contributed by atoms with Crippen molar-refractivity contribution >= 4 is 35.1 Å². The minimum absolute atomic E-state index is 0.151. The summed E-state index contributed by atoms with van der Waals surface area (Å²) in [5, 5.41) is 12.8. The van der Waals surface area contributed by atoms with E-state index in [0.717, 1.165) is 5.56 Å². The van der Waals surface area contributed by atoms with Gasteiger partial charge in [0.2, 0.25) is 5.91 Å². The van der Waals surface area contributed by atoms with Gasteiger partial charge < -0.3 is 10.4 Å². The van der Waals surface area contributed by atoms with Crippen LogP contribution in [0.15, 0.2) is 18.2 Å². The average molecular weight is 333 g/mol. The molecule has 7 heteroatoms. The van der Waals surface area contributed by atoms with Crippen LogP contribution in [0.5, 0.6) is 0 Å². The number of rotatable bonds is 7. The molecule has 1 amide bonds. The number of carbonyl (C=O) groups excluding carboxylic acids is 1. The van der Waals surface area contributed by atoms with Gasteiger partial charge in [-0.1, -0.05) is 29.3 Å². The molecule has 1 aromatic rings. The van der Waals surface area contributed by atoms with Crippen molar-refractivity contribution in [1.29, 1.82) is 0 Å². The van der Waals surface area contributed by atoms with Gasteiger partial charge >= 0.3 is 5.97 Å². The Labute approximate surface area is 133 Å². The predicted molar refractivity (Wildman–Crippen MR) is 82.7 cm³/mol. The maximum absolute atomic E-state index is 11.2. The maximum atomic E-state index is 11.2. The summed E-state index contributed by atoms with van der Waals surface area (Å²) in [5.74, 6) is -1.08. The highest BCUT2D eigenvalue weighted by Crippen LogP contribution is 2.22. The predicted octanol–water partition coefficient (Wildman–Crippen LogP) is 2.40. The number of nitrogens with one attached hydrogen (secondary N) is 1. The first-order chi connectivity index (χ1) is 9.81. The zero-order chi connectivity index (χ0) is 16.0. The number of carbonyl (C=O) groups is 2. The Hall–Kier alpha value is -1.30. The van der Waals surface area contributed by atoms with Crippen LogP contribution in [0.25, 0.3) is 0 Å². The van der Waals surface area contributed by atoms with Crippen LogP contribution in [0.2, 0.25) is 10.0 Å². The van der Waals surface area contributed by atoms with Crippen molar-refractivity contribution in [2.45, 2.75) is 26.4 Å². The zero-order valence-electron chi connectivity index (χ0n) is 11.9. The molecule has 1 atom stereocenters. The largest absolute Gasteiger partial charge is 0.480 e. The van der Waals surface area contributed by atoms with Crippen molar-refractivity contribution in [3.8, 4) is 0 Å². The van der Waals surface area contributed by atoms with E-state index >= 15 is 0 Å². The van der Waals surface area contributed by atoms with Gasteiger partial charge in [0.05, 0.1) is 0 Å². The van der Waals surface area contributed by atoms with E-state index in [1.165, 1.54) is 6.92 Å². The first-order valence-corrected chi connectivity index (χ1v) is 7.22. The first kappa shape index (κ1) is 17.8. The van der Waals surface area contributed by atoms with Gasteiger partial charge in [0.25, 0.3) is 0 Å². The molecule has 1 unspecified atom stereocenters. The van der Waals surface area contributed by atoms with Gasteiger partial charge in [-0.2, -0.15) is 0 Å². The van der Waals surface area contributed by atoms with Crippen LogP contribution in [0.4, 0.5) is 0 Å². The summed E-state index contributed by atoms with van der Waals surface area (Å²) in [6.07, 6.45) is 0. The van der Waals surface area contributed by atoms with Gasteiger partial charge in [0.15, 0.2) is 0 Å². The lowest BCUT2D eigenvalue weighted by atomic mass is 10.1. The Morgan fingerprint density at radius 2 is 2.05 bits per heavy atom. The zero-order valence-corrected chi connectivity index (χ0v) is 13.4. The molecule has 0 aliphatic heterocycles. The molecule has 0 fully saturated rings. The molecule has 0 heterocycles. The lowest BCUT2D eigenvalue weighted by Gasteiger charge is -2.26. The number of hydrogen-bond donors (Lipinski definition) is 2. The highest BCUT2D eigenvalue weighted by atomic mass is 35.5. The van der Waals surface area contributed by atoms with Gasteiger partial charge in [-0.3, -0.25) is 14.5 Å². The van der Waals surface area contributed by atoms with Crippen molar-refractivity contribution in [2.24, 2.45) is 0 Å². The number of aliphatic carboxylic acids is 1. The molecular formula is C14H18Cl2N2O3. The Bertz CT molecular complexity index is 523. The smallest absolute Gasteiger partial charge is 0.320 e. The van der Waals surface area contributed by atoms with E-state index in [9.17, 15) is 9.59 Å². The summed E-state index contributed by atoms with van der Waals surface area (Å²) in [5.41, 5.74) is 0.789. The fourth-order valence-corrected chi connectivity index (χ4v) is 2.28. The molecular weight excluding hydrogens is 315 g/mol. The van der Waals surface area contributed by atoms with Gasteiger partial charge in [0, 0.05) is 36.6 Å². The third-order valence-electron chi connectivity index (χ3n) is 3.07. The van der Waals surface area contributed by atoms with Gasteiger partial charge in [0.1, 0.15) is 6.04 Å². The molecule has 116 valence electrons. The first-order valence-electron chi connectivity index (χ1n) is 6.46. The van der Waals surface area contributed by atoms with Gasteiger partial charge in [-0.25, -0.2) is 0 Å². The number of halogens is 2. The van der Waals surface area contributed by atoms with Crippen LogP contribution >= 0.6 is 23.2 Å². The van der Waals surface area contributed by atoms with Crippen LogP contribution in [0, 0.1) is 0 Å². The van der Waals surface area contributed by atoms with Crippen molar-refractivity contribution in [3.05, 3.63) is 33.8 Å². The van der Waals surface area contributed by atoms with Crippen LogP contribution < -0.4 is 5.32 Å². The van der Waals surface area contributed by atoms with E-state index in [4.69, 9.17) is 28.3 Å². The van der Waals surface area contributed by atoms with E-state index in [0.29, 0.717) is 29.7 Å². The summed E-state index contributed by atoms with van der Waals surface area (Å²) in [6, 6.07) is 4.41. The molecule has 1 aromatic carbocycles. The molecule has 0 bridgehead atoms. The topological polar surface area (TPSA) is 69.6 Å². The van der Waals surface area contributed by atoms with Gasteiger partial charge in [-0.15, -0.1) is 0 Å². The summed E-state index contributed by atoms with van der Waals surface area (Å²) >= 11 is 12.0. The molecule has 0 radical (unpaired) electrons. The summed E-state index contributed by atoms with van der Waals surface area (Å²) in [7, 11) is 0. The summed E-state index contributed by atoms with van der Waals surface area (Å²) in [4.78, 5) is 23.8. The van der Waals surface area contributed by atoms with Crippen LogP contribution in [0.3, 0.4) is 0 Å². The standard InChI is InChI=1S/C14H18Cl2N2O3/c1-9(14(20)21)18(6-5-17-10(2)19)8-11-3-4-12(15)7-13(11)16/h3-4,7,9H,5-6,8H2,1-2H3,(H,17,19)(H,20,21). The molecule has 0 aromatic heterocycles. The number of carboxylic acids is 1. The highest BCUT2D eigenvalue weighted by Gasteiger charge is 2.21. The van der Waals surface area contributed by atoms with E-state index in [-0.39, 0.29) is 5.91 Å². The molecule has 5 nitrogen and oxygen atoms in total. The third kappa shape index (κ3) is 5.91. The van der Waals surface area contributed by atoms with E-state index in [1.807, 2.05) is 0 Å². The number of carboxylic acid groups (broad SMARTS) is 1. The lowest BCUT2D eigenvalue weighted by molar-refractivity contribution is -0.142. The second-order valence-corrected chi connectivity index (χ2v) is 5.55. The minimum Gasteiger partial charge on any atom is -0.480 e. The third-order valence-corrected chi connectivity index (χ3v) is 3.65. The molecule has 2 N–H and O–H groups in total. The fraction of sp³-hybridized carbons (Fsp3) is 0.429. The molecule has 0 aliphatic carbocycles. The van der Waals surface area contributed by atoms with E-state index in [1.54, 1.807) is 30.0 Å². The van der Waals surface area contributed by atoms with Gasteiger partial charge in [-0.05, 0) is 24.6 Å².